The van der Waals surface area contributed by atoms with Gasteiger partial charge in [0.25, 0.3) is 0 Å². The van der Waals surface area contributed by atoms with Crippen LogP contribution >= 0.6 is 0 Å². The Morgan fingerprint density at radius 2 is 1.70 bits per heavy atom. The number of aliphatic hydroxyl groups excluding tert-OH is 4. The molecule has 0 saturated carbocycles. The van der Waals surface area contributed by atoms with E-state index in [1.54, 1.807) is 0 Å². The summed E-state index contributed by atoms with van der Waals surface area (Å²) in [6.07, 6.45) is -8.15. The van der Waals surface area contributed by atoms with E-state index in [1.165, 1.54) is 0 Å². The van der Waals surface area contributed by atoms with Crippen molar-refractivity contribution in [2.24, 2.45) is 0 Å². The number of aromatic hydroxyl groups is 3. The van der Waals surface area contributed by atoms with Gasteiger partial charge in [-0.25, -0.2) is 4.79 Å². The molecule has 128 valence electrons. The van der Waals surface area contributed by atoms with Crippen LogP contribution in [0.3, 0.4) is 0 Å². The fourth-order valence-electron chi connectivity index (χ4n) is 2.07. The SMILES string of the molecule is O=C(O[C@@H]1O[C@H](CO)[C@@H](O)[C@H](O)[C@H]1O)c1ccc(O)c(O)c1O. The second-order valence-corrected chi connectivity index (χ2v) is 4.93. The number of aliphatic hydroxyl groups is 4. The van der Waals surface area contributed by atoms with Gasteiger partial charge < -0.3 is 45.2 Å². The van der Waals surface area contributed by atoms with Crippen LogP contribution in [0.1, 0.15) is 10.4 Å². The zero-order valence-electron chi connectivity index (χ0n) is 11.6. The van der Waals surface area contributed by atoms with Crippen LogP contribution in [0.2, 0.25) is 0 Å². The topological polar surface area (TPSA) is 177 Å². The van der Waals surface area contributed by atoms with Crippen LogP contribution in [0.4, 0.5) is 0 Å². The summed E-state index contributed by atoms with van der Waals surface area (Å²) in [6, 6.07) is 1.88. The summed E-state index contributed by atoms with van der Waals surface area (Å²) in [6.45, 7) is -0.704. The molecule has 7 N–H and O–H groups in total. The van der Waals surface area contributed by atoms with Crippen LogP contribution in [0, 0.1) is 0 Å². The maximum absolute atomic E-state index is 12.0. The lowest BCUT2D eigenvalue weighted by atomic mass is 9.99. The Morgan fingerprint density at radius 3 is 2.30 bits per heavy atom. The zero-order valence-corrected chi connectivity index (χ0v) is 11.6. The summed E-state index contributed by atoms with van der Waals surface area (Å²) in [4.78, 5) is 12.0. The number of benzene rings is 1. The van der Waals surface area contributed by atoms with Gasteiger partial charge in [0.1, 0.15) is 30.0 Å². The highest BCUT2D eigenvalue weighted by molar-refractivity contribution is 5.94. The van der Waals surface area contributed by atoms with Gasteiger partial charge in [0.05, 0.1) is 6.61 Å². The molecule has 0 aromatic heterocycles. The zero-order chi connectivity index (χ0) is 17.3. The highest BCUT2D eigenvalue weighted by Gasteiger charge is 2.45. The largest absolute Gasteiger partial charge is 0.504 e. The minimum atomic E-state index is -1.80. The number of rotatable bonds is 3. The van der Waals surface area contributed by atoms with Gasteiger partial charge in [0.2, 0.25) is 12.0 Å². The third kappa shape index (κ3) is 3.16. The Bertz CT molecular complexity index is 586. The molecule has 1 heterocycles. The molecule has 0 spiro atoms. The molecule has 2 rings (SSSR count). The molecule has 1 aromatic rings. The average Bonchev–Trinajstić information content (AvgIpc) is 2.53. The van der Waals surface area contributed by atoms with Crippen molar-refractivity contribution in [2.45, 2.75) is 30.7 Å². The lowest BCUT2D eigenvalue weighted by Gasteiger charge is -2.39. The number of phenolic OH excluding ortho intramolecular Hbond substituents is 3. The van der Waals surface area contributed by atoms with Gasteiger partial charge in [-0.1, -0.05) is 0 Å². The fourth-order valence-corrected chi connectivity index (χ4v) is 2.07. The van der Waals surface area contributed by atoms with Crippen LogP contribution in [0.25, 0.3) is 0 Å². The minimum absolute atomic E-state index is 0.530. The van der Waals surface area contributed by atoms with Crippen molar-refractivity contribution in [3.63, 3.8) is 0 Å². The van der Waals surface area contributed by atoms with Gasteiger partial charge in [-0.15, -0.1) is 0 Å². The molecule has 1 fully saturated rings. The molecule has 10 heteroatoms. The Kier molecular flexibility index (Phi) is 4.92. The first-order valence-corrected chi connectivity index (χ1v) is 6.53. The third-order valence-electron chi connectivity index (χ3n) is 3.42. The average molecular weight is 332 g/mol. The van der Waals surface area contributed by atoms with Crippen molar-refractivity contribution in [3.05, 3.63) is 17.7 Å². The predicted molar refractivity (Wildman–Crippen MR) is 70.6 cm³/mol. The lowest BCUT2D eigenvalue weighted by molar-refractivity contribution is -0.285. The molecule has 5 atom stereocenters. The molecule has 10 nitrogen and oxygen atoms in total. The van der Waals surface area contributed by atoms with Crippen LogP contribution in [0.15, 0.2) is 12.1 Å². The van der Waals surface area contributed by atoms with E-state index in [9.17, 15) is 35.4 Å². The molecule has 1 aromatic carbocycles. The van der Waals surface area contributed by atoms with E-state index < -0.39 is 66.1 Å². The number of esters is 1. The Morgan fingerprint density at radius 1 is 1.04 bits per heavy atom. The third-order valence-corrected chi connectivity index (χ3v) is 3.42. The molecular formula is C13H16O10. The fraction of sp³-hybridized carbons (Fsp3) is 0.462. The predicted octanol–water partition coefficient (Wildman–Crippen LogP) is -2.24. The molecular weight excluding hydrogens is 316 g/mol. The first kappa shape index (κ1) is 17.2. The van der Waals surface area contributed by atoms with Crippen molar-refractivity contribution in [1.29, 1.82) is 0 Å². The van der Waals surface area contributed by atoms with E-state index in [0.717, 1.165) is 12.1 Å². The summed E-state index contributed by atoms with van der Waals surface area (Å²) in [5.41, 5.74) is -0.530. The molecule has 0 aliphatic carbocycles. The number of hydrogen-bond acceptors (Lipinski definition) is 10. The normalized spacial score (nSPS) is 30.9. The summed E-state index contributed by atoms with van der Waals surface area (Å²) in [7, 11) is 0. The quantitative estimate of drug-likeness (QED) is 0.236. The van der Waals surface area contributed by atoms with Crippen LogP contribution in [0.5, 0.6) is 17.2 Å². The second-order valence-electron chi connectivity index (χ2n) is 4.93. The number of carbonyl (C=O) groups is 1. The maximum Gasteiger partial charge on any atom is 0.344 e. The summed E-state index contributed by atoms with van der Waals surface area (Å²) >= 11 is 0. The van der Waals surface area contributed by atoms with Crippen molar-refractivity contribution in [1.82, 2.24) is 0 Å². The van der Waals surface area contributed by atoms with Gasteiger partial charge in [0.15, 0.2) is 11.5 Å². The highest BCUT2D eigenvalue weighted by atomic mass is 16.7. The van der Waals surface area contributed by atoms with Gasteiger partial charge in [-0.05, 0) is 12.1 Å². The summed E-state index contributed by atoms with van der Waals surface area (Å²) in [5, 5.41) is 66.1. The van der Waals surface area contributed by atoms with Crippen molar-refractivity contribution >= 4 is 5.97 Å². The van der Waals surface area contributed by atoms with E-state index in [-0.39, 0.29) is 0 Å². The standard InChI is InChI=1S/C13H16O10/c14-3-6-9(18)10(19)11(20)13(22-6)23-12(21)4-1-2-5(15)8(17)7(4)16/h1-2,6,9-11,13-20H,3H2/t6-,9-,10+,11-,13+/m1/s1. The number of carbonyl (C=O) groups excluding carboxylic acids is 1. The smallest absolute Gasteiger partial charge is 0.344 e. The van der Waals surface area contributed by atoms with Crippen molar-refractivity contribution < 1.29 is 50.0 Å². The molecule has 0 unspecified atom stereocenters. The number of ether oxygens (including phenoxy) is 2. The van der Waals surface area contributed by atoms with Gasteiger partial charge in [-0.3, -0.25) is 0 Å². The monoisotopic (exact) mass is 332 g/mol. The maximum atomic E-state index is 12.0. The molecule has 1 saturated heterocycles. The first-order chi connectivity index (χ1) is 10.8. The van der Waals surface area contributed by atoms with E-state index in [2.05, 4.69) is 0 Å². The van der Waals surface area contributed by atoms with Gasteiger partial charge >= 0.3 is 5.97 Å². The highest BCUT2D eigenvalue weighted by Crippen LogP contribution is 2.37. The van der Waals surface area contributed by atoms with Crippen molar-refractivity contribution in [2.75, 3.05) is 6.61 Å². The Hall–Kier alpha value is -2.11. The van der Waals surface area contributed by atoms with Crippen LogP contribution in [-0.4, -0.2) is 79.0 Å². The van der Waals surface area contributed by atoms with Gasteiger partial charge in [0, 0.05) is 0 Å². The molecule has 1 aliphatic rings. The minimum Gasteiger partial charge on any atom is -0.504 e. The van der Waals surface area contributed by atoms with E-state index in [1.807, 2.05) is 0 Å². The van der Waals surface area contributed by atoms with Crippen LogP contribution < -0.4 is 0 Å². The molecule has 23 heavy (non-hydrogen) atoms. The summed E-state index contributed by atoms with van der Waals surface area (Å²) < 4.78 is 9.74. The molecule has 1 aliphatic heterocycles. The van der Waals surface area contributed by atoms with E-state index in [0.29, 0.717) is 0 Å². The molecule has 0 amide bonds. The number of phenols is 3. The molecule has 0 bridgehead atoms. The van der Waals surface area contributed by atoms with E-state index >= 15 is 0 Å². The summed E-state index contributed by atoms with van der Waals surface area (Å²) in [5.74, 6) is -3.78. The first-order valence-electron chi connectivity index (χ1n) is 6.53. The van der Waals surface area contributed by atoms with Crippen molar-refractivity contribution in [3.8, 4) is 17.2 Å². The molecule has 0 radical (unpaired) electrons. The second kappa shape index (κ2) is 6.56. The van der Waals surface area contributed by atoms with E-state index in [4.69, 9.17) is 14.6 Å². The number of hydrogen-bond donors (Lipinski definition) is 7. The van der Waals surface area contributed by atoms with Crippen LogP contribution in [-0.2, 0) is 9.47 Å². The lowest BCUT2D eigenvalue weighted by Crippen LogP contribution is -2.59. The van der Waals surface area contributed by atoms with Gasteiger partial charge in [-0.2, -0.15) is 0 Å². The Labute approximate surface area is 129 Å². The Balaban J connectivity index is 2.18.